The van der Waals surface area contributed by atoms with Gasteiger partial charge in [0.1, 0.15) is 17.9 Å². The van der Waals surface area contributed by atoms with Crippen LogP contribution < -0.4 is 10.1 Å². The number of aryl methyl sites for hydroxylation is 1. The number of hydrogen-bond donors (Lipinski definition) is 2. The third-order valence-corrected chi connectivity index (χ3v) is 5.58. The highest BCUT2D eigenvalue weighted by Gasteiger charge is 2.25. The van der Waals surface area contributed by atoms with Crippen LogP contribution in [-0.2, 0) is 11.3 Å². The SMILES string of the molecule is CCn1ncc(C(=O)c2ccc(Br)c(OC[C@@H]3CCC(=O)N3)c2Br)c1O. The summed E-state index contributed by atoms with van der Waals surface area (Å²) in [5.74, 6) is -0.0347. The van der Waals surface area contributed by atoms with Gasteiger partial charge in [0.15, 0.2) is 0 Å². The van der Waals surface area contributed by atoms with Gasteiger partial charge in [-0.3, -0.25) is 9.59 Å². The zero-order valence-corrected chi connectivity index (χ0v) is 17.1. The Bertz CT molecular complexity index is 866. The van der Waals surface area contributed by atoms with Gasteiger partial charge in [0, 0.05) is 18.5 Å². The first kappa shape index (κ1) is 18.9. The van der Waals surface area contributed by atoms with E-state index in [1.165, 1.54) is 10.9 Å². The molecule has 1 saturated heterocycles. The summed E-state index contributed by atoms with van der Waals surface area (Å²) in [4.78, 5) is 24.1. The Balaban J connectivity index is 1.85. The zero-order chi connectivity index (χ0) is 18.8. The number of ketones is 1. The van der Waals surface area contributed by atoms with Gasteiger partial charge >= 0.3 is 0 Å². The van der Waals surface area contributed by atoms with Gasteiger partial charge in [0.25, 0.3) is 0 Å². The van der Waals surface area contributed by atoms with Crippen molar-refractivity contribution in [1.82, 2.24) is 15.1 Å². The summed E-state index contributed by atoms with van der Waals surface area (Å²) in [7, 11) is 0. The molecule has 2 N–H and O–H groups in total. The number of hydrogen-bond acceptors (Lipinski definition) is 5. The summed E-state index contributed by atoms with van der Waals surface area (Å²) in [5, 5.41) is 17.0. The predicted molar refractivity (Wildman–Crippen MR) is 102 cm³/mol. The summed E-state index contributed by atoms with van der Waals surface area (Å²) in [6.07, 6.45) is 2.57. The van der Waals surface area contributed by atoms with Gasteiger partial charge < -0.3 is 15.2 Å². The molecule has 0 spiro atoms. The average molecular weight is 487 g/mol. The number of carbonyl (C=O) groups is 2. The number of nitrogens with one attached hydrogen (secondary N) is 1. The Hall–Kier alpha value is -1.87. The Kier molecular flexibility index (Phi) is 5.67. The van der Waals surface area contributed by atoms with Gasteiger partial charge in [-0.1, -0.05) is 0 Å². The summed E-state index contributed by atoms with van der Waals surface area (Å²) < 4.78 is 8.34. The van der Waals surface area contributed by atoms with Gasteiger partial charge in [-0.15, -0.1) is 0 Å². The first-order chi connectivity index (χ1) is 12.4. The summed E-state index contributed by atoms with van der Waals surface area (Å²) in [6.45, 7) is 2.59. The fraction of sp³-hybridized carbons (Fsp3) is 0.353. The smallest absolute Gasteiger partial charge is 0.220 e. The molecule has 0 saturated carbocycles. The van der Waals surface area contributed by atoms with E-state index in [9.17, 15) is 14.7 Å². The molecular weight excluding hydrogens is 470 g/mol. The topological polar surface area (TPSA) is 93.5 Å². The molecule has 3 rings (SSSR count). The van der Waals surface area contributed by atoms with E-state index in [0.717, 1.165) is 6.42 Å². The van der Waals surface area contributed by atoms with Crippen LogP contribution >= 0.6 is 31.9 Å². The van der Waals surface area contributed by atoms with Crippen molar-refractivity contribution < 1.29 is 19.4 Å². The summed E-state index contributed by atoms with van der Waals surface area (Å²) >= 11 is 6.85. The van der Waals surface area contributed by atoms with E-state index >= 15 is 0 Å². The fourth-order valence-corrected chi connectivity index (χ4v) is 4.09. The molecule has 1 amide bonds. The highest BCUT2D eigenvalue weighted by atomic mass is 79.9. The van der Waals surface area contributed by atoms with Gasteiger partial charge in [-0.25, -0.2) is 4.68 Å². The molecule has 2 heterocycles. The molecule has 0 unspecified atom stereocenters. The molecule has 1 aromatic carbocycles. The van der Waals surface area contributed by atoms with Crippen molar-refractivity contribution in [3.63, 3.8) is 0 Å². The molecule has 0 bridgehead atoms. The molecule has 1 aliphatic rings. The quantitative estimate of drug-likeness (QED) is 0.612. The minimum Gasteiger partial charge on any atom is -0.493 e. The Morgan fingerprint density at radius 3 is 2.81 bits per heavy atom. The molecule has 7 nitrogen and oxygen atoms in total. The second-order valence-corrected chi connectivity index (χ2v) is 7.53. The van der Waals surface area contributed by atoms with E-state index in [1.807, 2.05) is 6.92 Å². The second kappa shape index (κ2) is 7.79. The van der Waals surface area contributed by atoms with Crippen LogP contribution in [0.5, 0.6) is 11.6 Å². The van der Waals surface area contributed by atoms with Crippen molar-refractivity contribution in [2.75, 3.05) is 6.61 Å². The lowest BCUT2D eigenvalue weighted by atomic mass is 10.1. The zero-order valence-electron chi connectivity index (χ0n) is 14.0. The number of carbonyl (C=O) groups excluding carboxylic acids is 2. The molecule has 1 aliphatic heterocycles. The fourth-order valence-electron chi connectivity index (χ4n) is 2.74. The molecule has 138 valence electrons. The van der Waals surface area contributed by atoms with Crippen molar-refractivity contribution in [2.24, 2.45) is 0 Å². The highest BCUT2D eigenvalue weighted by molar-refractivity contribution is 9.11. The number of nitrogens with zero attached hydrogens (tertiary/aromatic N) is 2. The first-order valence-corrected chi connectivity index (χ1v) is 9.70. The maximum atomic E-state index is 12.8. The number of ether oxygens (including phenoxy) is 1. The number of halogens is 2. The van der Waals surface area contributed by atoms with Crippen molar-refractivity contribution >= 4 is 43.6 Å². The van der Waals surface area contributed by atoms with E-state index in [4.69, 9.17) is 4.74 Å². The predicted octanol–water partition coefficient (Wildman–Crippen LogP) is 3.02. The lowest BCUT2D eigenvalue weighted by molar-refractivity contribution is -0.119. The van der Waals surface area contributed by atoms with Gasteiger partial charge in [0.2, 0.25) is 17.6 Å². The number of benzene rings is 1. The maximum Gasteiger partial charge on any atom is 0.220 e. The molecule has 0 aliphatic carbocycles. The minimum absolute atomic E-state index is 0.0177. The van der Waals surface area contributed by atoms with Crippen molar-refractivity contribution in [3.05, 3.63) is 38.4 Å². The average Bonchev–Trinajstić information content (AvgIpc) is 3.19. The number of amides is 1. The lowest BCUT2D eigenvalue weighted by Crippen LogP contribution is -2.31. The Morgan fingerprint density at radius 2 is 2.19 bits per heavy atom. The monoisotopic (exact) mass is 485 g/mol. The molecule has 26 heavy (non-hydrogen) atoms. The van der Waals surface area contributed by atoms with Crippen LogP contribution in [-0.4, -0.2) is 39.2 Å². The second-order valence-electron chi connectivity index (χ2n) is 5.88. The third kappa shape index (κ3) is 3.64. The van der Waals surface area contributed by atoms with Crippen LogP contribution in [0.2, 0.25) is 0 Å². The van der Waals surface area contributed by atoms with E-state index in [1.54, 1.807) is 12.1 Å². The van der Waals surface area contributed by atoms with Crippen LogP contribution in [0.25, 0.3) is 0 Å². The van der Waals surface area contributed by atoms with Crippen LogP contribution in [0.1, 0.15) is 35.7 Å². The Labute approximate surface area is 167 Å². The number of rotatable bonds is 6. The first-order valence-electron chi connectivity index (χ1n) is 8.12. The van der Waals surface area contributed by atoms with Crippen LogP contribution in [0, 0.1) is 0 Å². The molecule has 1 fully saturated rings. The van der Waals surface area contributed by atoms with Crippen LogP contribution in [0.3, 0.4) is 0 Å². The van der Waals surface area contributed by atoms with Crippen LogP contribution in [0.4, 0.5) is 0 Å². The highest BCUT2D eigenvalue weighted by Crippen LogP contribution is 2.38. The molecule has 1 atom stereocenters. The lowest BCUT2D eigenvalue weighted by Gasteiger charge is -2.16. The molecule has 2 aromatic rings. The standard InChI is InChI=1S/C17H17Br2N3O4/c1-2-22-17(25)11(7-20-22)15(24)10-4-5-12(18)16(14(10)19)26-8-9-3-6-13(23)21-9/h4-5,7,9,25H,2-3,6,8H2,1H3,(H,21,23)/t9-/m0/s1. The molecular formula is C17H17Br2N3O4. The number of aromatic nitrogens is 2. The summed E-state index contributed by atoms with van der Waals surface area (Å²) in [5.41, 5.74) is 0.480. The van der Waals surface area contributed by atoms with Gasteiger partial charge in [-0.2, -0.15) is 5.10 Å². The van der Waals surface area contributed by atoms with E-state index in [2.05, 4.69) is 42.3 Å². The molecule has 0 radical (unpaired) electrons. The van der Waals surface area contributed by atoms with Gasteiger partial charge in [-0.05, 0) is 57.3 Å². The van der Waals surface area contributed by atoms with Crippen molar-refractivity contribution in [1.29, 1.82) is 0 Å². The number of aromatic hydroxyl groups is 1. The van der Waals surface area contributed by atoms with E-state index in [-0.39, 0.29) is 29.2 Å². The normalized spacial score (nSPS) is 16.6. The maximum absolute atomic E-state index is 12.8. The van der Waals surface area contributed by atoms with Crippen molar-refractivity contribution in [2.45, 2.75) is 32.4 Å². The molecule has 9 heteroatoms. The van der Waals surface area contributed by atoms with E-state index < -0.39 is 0 Å². The van der Waals surface area contributed by atoms with Gasteiger partial charge in [0.05, 0.1) is 21.2 Å². The van der Waals surface area contributed by atoms with Crippen molar-refractivity contribution in [3.8, 4) is 11.6 Å². The van der Waals surface area contributed by atoms with E-state index in [0.29, 0.717) is 39.8 Å². The minimum atomic E-state index is -0.361. The molecule has 1 aromatic heterocycles. The Morgan fingerprint density at radius 1 is 1.42 bits per heavy atom. The third-order valence-electron chi connectivity index (χ3n) is 4.16. The summed E-state index contributed by atoms with van der Waals surface area (Å²) in [6, 6.07) is 3.30. The van der Waals surface area contributed by atoms with Crippen LogP contribution in [0.15, 0.2) is 27.3 Å². The largest absolute Gasteiger partial charge is 0.493 e.